The molecule has 16 heavy (non-hydrogen) atoms. The summed E-state index contributed by atoms with van der Waals surface area (Å²) in [5, 5.41) is 8.78. The minimum Gasteiger partial charge on any atom is -0.395 e. The summed E-state index contributed by atoms with van der Waals surface area (Å²) in [7, 11) is -7.32. The maximum Gasteiger partial charge on any atom is 0.339 e. The van der Waals surface area contributed by atoms with Gasteiger partial charge in [0, 0.05) is 12.6 Å². The Kier molecular flexibility index (Phi) is 4.50. The number of sulfone groups is 1. The van der Waals surface area contributed by atoms with Crippen molar-refractivity contribution in [1.29, 1.82) is 0 Å². The second-order valence-electron chi connectivity index (χ2n) is 3.90. The van der Waals surface area contributed by atoms with E-state index in [9.17, 15) is 13.0 Å². The predicted molar refractivity (Wildman–Crippen MR) is 57.8 cm³/mol. The van der Waals surface area contributed by atoms with E-state index in [-0.39, 0.29) is 24.7 Å². The first-order valence-electron chi connectivity index (χ1n) is 4.83. The normalized spacial score (nSPS) is 25.1. The molecular weight excluding hydrogens is 257 g/mol. The standard InChI is InChI=1S/C7H16NO6PS/c9-3-2-8(6-15(10,11)12)7-1-4-16(13,14)5-7/h7,9H,1-6H2,(H2,10,11,12). The smallest absolute Gasteiger partial charge is 0.339 e. The number of aliphatic hydroxyl groups is 1. The molecule has 7 nitrogen and oxygen atoms in total. The Balaban J connectivity index is 2.68. The topological polar surface area (TPSA) is 115 Å². The Labute approximate surface area is 94.2 Å². The van der Waals surface area contributed by atoms with Crippen molar-refractivity contribution in [3.05, 3.63) is 0 Å². The van der Waals surface area contributed by atoms with Crippen molar-refractivity contribution in [3.8, 4) is 0 Å². The van der Waals surface area contributed by atoms with Gasteiger partial charge in [-0.15, -0.1) is 0 Å². The van der Waals surface area contributed by atoms with Crippen LogP contribution in [0.4, 0.5) is 0 Å². The molecule has 0 aromatic heterocycles. The van der Waals surface area contributed by atoms with Gasteiger partial charge in [-0.3, -0.25) is 9.46 Å². The fourth-order valence-electron chi connectivity index (χ4n) is 1.80. The number of nitrogens with zero attached hydrogens (tertiary/aromatic N) is 1. The van der Waals surface area contributed by atoms with Crippen LogP contribution >= 0.6 is 7.60 Å². The molecule has 0 saturated carbocycles. The van der Waals surface area contributed by atoms with E-state index in [4.69, 9.17) is 14.9 Å². The van der Waals surface area contributed by atoms with Crippen LogP contribution in [-0.2, 0) is 14.4 Å². The Morgan fingerprint density at radius 1 is 1.38 bits per heavy atom. The van der Waals surface area contributed by atoms with E-state index in [1.54, 1.807) is 0 Å². The second-order valence-corrected chi connectivity index (χ2v) is 7.74. The zero-order chi connectivity index (χ0) is 12.4. The molecule has 1 unspecified atom stereocenters. The molecular formula is C7H16NO6PS. The summed E-state index contributed by atoms with van der Waals surface area (Å²) in [4.78, 5) is 19.0. The Hall–Kier alpha value is 0.0200. The lowest BCUT2D eigenvalue weighted by molar-refractivity contribution is 0.171. The molecule has 9 heteroatoms. The summed E-state index contributed by atoms with van der Waals surface area (Å²) >= 11 is 0. The number of hydrogen-bond acceptors (Lipinski definition) is 5. The van der Waals surface area contributed by atoms with Crippen LogP contribution in [0, 0.1) is 0 Å². The first-order valence-corrected chi connectivity index (χ1v) is 8.45. The molecule has 1 heterocycles. The zero-order valence-electron chi connectivity index (χ0n) is 8.69. The van der Waals surface area contributed by atoms with Gasteiger partial charge in [-0.25, -0.2) is 8.42 Å². The van der Waals surface area contributed by atoms with E-state index in [1.807, 2.05) is 0 Å². The molecule has 0 amide bonds. The summed E-state index contributed by atoms with van der Waals surface area (Å²) in [6, 6.07) is -0.398. The molecule has 1 aliphatic rings. The van der Waals surface area contributed by atoms with Crippen LogP contribution in [0.3, 0.4) is 0 Å². The fraction of sp³-hybridized carbons (Fsp3) is 1.00. The van der Waals surface area contributed by atoms with Gasteiger partial charge in [-0.1, -0.05) is 0 Å². The van der Waals surface area contributed by atoms with E-state index in [2.05, 4.69) is 0 Å². The summed E-state index contributed by atoms with van der Waals surface area (Å²) < 4.78 is 33.3. The highest BCUT2D eigenvalue weighted by molar-refractivity contribution is 7.91. The fourth-order valence-corrected chi connectivity index (χ4v) is 4.40. The van der Waals surface area contributed by atoms with Gasteiger partial charge in [-0.05, 0) is 6.42 Å². The molecule has 0 aromatic rings. The van der Waals surface area contributed by atoms with Crippen LogP contribution in [-0.4, -0.2) is 65.2 Å². The number of rotatable bonds is 5. The average molecular weight is 273 g/mol. The summed E-state index contributed by atoms with van der Waals surface area (Å²) in [6.07, 6.45) is -0.143. The average Bonchev–Trinajstić information content (AvgIpc) is 2.43. The van der Waals surface area contributed by atoms with Gasteiger partial charge in [0.1, 0.15) is 6.29 Å². The third-order valence-corrected chi connectivity index (χ3v) is 4.96. The molecule has 0 aromatic carbocycles. The van der Waals surface area contributed by atoms with Crippen LogP contribution in [0.25, 0.3) is 0 Å². The minimum absolute atomic E-state index is 0.0424. The maximum absolute atomic E-state index is 11.2. The molecule has 96 valence electrons. The van der Waals surface area contributed by atoms with Crippen LogP contribution in [0.2, 0.25) is 0 Å². The Morgan fingerprint density at radius 3 is 2.38 bits per heavy atom. The largest absolute Gasteiger partial charge is 0.395 e. The molecule has 1 fully saturated rings. The monoisotopic (exact) mass is 273 g/mol. The van der Waals surface area contributed by atoms with Crippen molar-refractivity contribution in [2.75, 3.05) is 30.9 Å². The third kappa shape index (κ3) is 4.48. The van der Waals surface area contributed by atoms with Crippen molar-refractivity contribution in [2.24, 2.45) is 0 Å². The highest BCUT2D eigenvalue weighted by atomic mass is 32.2. The molecule has 1 aliphatic heterocycles. The van der Waals surface area contributed by atoms with Crippen molar-refractivity contribution >= 4 is 17.4 Å². The van der Waals surface area contributed by atoms with E-state index < -0.39 is 29.8 Å². The van der Waals surface area contributed by atoms with E-state index in [0.717, 1.165) is 0 Å². The summed E-state index contributed by atoms with van der Waals surface area (Å²) in [5.41, 5.74) is 0. The number of hydrogen-bond donors (Lipinski definition) is 3. The van der Waals surface area contributed by atoms with Crippen molar-refractivity contribution in [2.45, 2.75) is 12.5 Å². The molecule has 1 rings (SSSR count). The Morgan fingerprint density at radius 2 is 2.00 bits per heavy atom. The van der Waals surface area contributed by atoms with Gasteiger partial charge < -0.3 is 14.9 Å². The lowest BCUT2D eigenvalue weighted by atomic mass is 10.2. The Bertz CT molecular complexity index is 376. The quantitative estimate of drug-likeness (QED) is 0.528. The summed E-state index contributed by atoms with van der Waals surface area (Å²) in [6.45, 7) is -0.179. The SMILES string of the molecule is O=P(O)(O)CN(CCO)C1CCS(=O)(=O)C1. The first-order chi connectivity index (χ1) is 7.23. The van der Waals surface area contributed by atoms with Crippen molar-refractivity contribution < 1.29 is 27.9 Å². The minimum atomic E-state index is -4.23. The molecule has 0 radical (unpaired) electrons. The molecule has 0 bridgehead atoms. The van der Waals surface area contributed by atoms with Gasteiger partial charge in [0.05, 0.1) is 18.1 Å². The summed E-state index contributed by atoms with van der Waals surface area (Å²) in [5.74, 6) is -0.0479. The molecule has 0 aliphatic carbocycles. The molecule has 0 spiro atoms. The van der Waals surface area contributed by atoms with Crippen LogP contribution < -0.4 is 0 Å². The highest BCUT2D eigenvalue weighted by Gasteiger charge is 2.34. The van der Waals surface area contributed by atoms with Gasteiger partial charge in [0.15, 0.2) is 9.84 Å². The van der Waals surface area contributed by atoms with Gasteiger partial charge >= 0.3 is 7.60 Å². The van der Waals surface area contributed by atoms with Gasteiger partial charge in [0.2, 0.25) is 0 Å². The molecule has 1 atom stereocenters. The van der Waals surface area contributed by atoms with Crippen LogP contribution in [0.1, 0.15) is 6.42 Å². The predicted octanol–water partition coefficient (Wildman–Crippen LogP) is -1.40. The lowest BCUT2D eigenvalue weighted by Gasteiger charge is -2.27. The van der Waals surface area contributed by atoms with E-state index >= 15 is 0 Å². The molecule has 3 N–H and O–H groups in total. The zero-order valence-corrected chi connectivity index (χ0v) is 10.4. The van der Waals surface area contributed by atoms with Gasteiger partial charge in [-0.2, -0.15) is 0 Å². The first kappa shape index (κ1) is 14.1. The van der Waals surface area contributed by atoms with Gasteiger partial charge in [0.25, 0.3) is 0 Å². The second kappa shape index (κ2) is 5.12. The number of aliphatic hydroxyl groups excluding tert-OH is 1. The maximum atomic E-state index is 11.2. The van der Waals surface area contributed by atoms with Crippen LogP contribution in [0.5, 0.6) is 0 Å². The highest BCUT2D eigenvalue weighted by Crippen LogP contribution is 2.36. The van der Waals surface area contributed by atoms with E-state index in [0.29, 0.717) is 6.42 Å². The van der Waals surface area contributed by atoms with Crippen molar-refractivity contribution in [1.82, 2.24) is 4.90 Å². The lowest BCUT2D eigenvalue weighted by Crippen LogP contribution is -2.38. The molecule has 1 saturated heterocycles. The third-order valence-electron chi connectivity index (χ3n) is 2.48. The van der Waals surface area contributed by atoms with Crippen LogP contribution in [0.15, 0.2) is 0 Å². The van der Waals surface area contributed by atoms with E-state index in [1.165, 1.54) is 4.90 Å². The van der Waals surface area contributed by atoms with Crippen molar-refractivity contribution in [3.63, 3.8) is 0 Å².